The number of nitrogens with one attached hydrogen (secondary N) is 2. The molecule has 1 amide bonds. The highest BCUT2D eigenvalue weighted by Crippen LogP contribution is 2.31. The minimum absolute atomic E-state index is 0.0848. The molecule has 1 atom stereocenters. The van der Waals surface area contributed by atoms with Crippen molar-refractivity contribution in [2.75, 3.05) is 27.2 Å². The zero-order chi connectivity index (χ0) is 13.4. The third-order valence-corrected chi connectivity index (χ3v) is 4.00. The van der Waals surface area contributed by atoms with Gasteiger partial charge in [0.25, 0.3) is 0 Å². The number of carbonyl (C=O) groups is 1. The van der Waals surface area contributed by atoms with Crippen molar-refractivity contribution in [2.45, 2.75) is 12.3 Å². The molecule has 0 fully saturated rings. The third kappa shape index (κ3) is 2.02. The van der Waals surface area contributed by atoms with Crippen LogP contribution in [0.3, 0.4) is 0 Å². The highest BCUT2D eigenvalue weighted by Gasteiger charge is 2.29. The normalized spacial score (nSPS) is 20.0. The first-order chi connectivity index (χ1) is 9.20. The van der Waals surface area contributed by atoms with E-state index in [1.807, 2.05) is 6.07 Å². The maximum Gasteiger partial charge on any atom is 0.230 e. The Labute approximate surface area is 112 Å². The summed E-state index contributed by atoms with van der Waals surface area (Å²) in [7, 11) is 3.78. The Balaban J connectivity index is 2.16. The number of aromatic amines is 1. The lowest BCUT2D eigenvalue weighted by Gasteiger charge is -2.18. The van der Waals surface area contributed by atoms with E-state index in [1.165, 1.54) is 10.9 Å². The van der Waals surface area contributed by atoms with Crippen LogP contribution in [0.4, 0.5) is 0 Å². The van der Waals surface area contributed by atoms with Gasteiger partial charge in [0.05, 0.1) is 5.92 Å². The number of likely N-dealkylation sites (N-methyl/N-ethyl adjacent to an activating group) is 2. The van der Waals surface area contributed by atoms with E-state index < -0.39 is 0 Å². The van der Waals surface area contributed by atoms with Crippen molar-refractivity contribution < 1.29 is 4.79 Å². The molecular weight excluding hydrogens is 238 g/mol. The molecule has 4 heteroatoms. The van der Waals surface area contributed by atoms with Crippen LogP contribution in [0.2, 0.25) is 0 Å². The number of nitrogens with zero attached hydrogens (tertiary/aromatic N) is 1. The molecule has 0 bridgehead atoms. The summed E-state index contributed by atoms with van der Waals surface area (Å²) in [5.74, 6) is -0.0264. The molecule has 2 heterocycles. The number of para-hydroxylation sites is 1. The molecule has 1 aromatic carbocycles. The van der Waals surface area contributed by atoms with Crippen molar-refractivity contribution in [2.24, 2.45) is 0 Å². The largest absolute Gasteiger partial charge is 0.359 e. The molecule has 100 valence electrons. The number of benzene rings is 1. The highest BCUT2D eigenvalue weighted by atomic mass is 16.1. The first kappa shape index (κ1) is 12.2. The summed E-state index contributed by atoms with van der Waals surface area (Å²) in [6.07, 6.45) is 0.989. The van der Waals surface area contributed by atoms with Gasteiger partial charge in [0.2, 0.25) is 5.91 Å². The molecule has 0 radical (unpaired) electrons. The average molecular weight is 257 g/mol. The molecule has 1 unspecified atom stereocenters. The standard InChI is InChI=1S/C15H19N3O/c1-16-15(19)12-9-18(2)8-7-11-10-5-3-4-6-13(10)17-14(11)12/h3-6,12,17H,7-9H2,1-2H3,(H,16,19). The zero-order valence-corrected chi connectivity index (χ0v) is 11.4. The topological polar surface area (TPSA) is 48.1 Å². The number of fused-ring (bicyclic) bond motifs is 3. The Kier molecular flexibility index (Phi) is 3.03. The van der Waals surface area contributed by atoms with Crippen molar-refractivity contribution in [3.8, 4) is 0 Å². The summed E-state index contributed by atoms with van der Waals surface area (Å²) in [6.45, 7) is 1.75. The summed E-state index contributed by atoms with van der Waals surface area (Å²) < 4.78 is 0. The number of hydrogen-bond donors (Lipinski definition) is 2. The van der Waals surface area contributed by atoms with Crippen molar-refractivity contribution >= 4 is 16.8 Å². The van der Waals surface area contributed by atoms with E-state index in [0.29, 0.717) is 0 Å². The highest BCUT2D eigenvalue weighted by molar-refractivity contribution is 5.90. The average Bonchev–Trinajstić information content (AvgIpc) is 2.71. The van der Waals surface area contributed by atoms with E-state index in [0.717, 1.165) is 30.7 Å². The van der Waals surface area contributed by atoms with Gasteiger partial charge in [-0.1, -0.05) is 18.2 Å². The fraction of sp³-hybridized carbons (Fsp3) is 0.400. The second kappa shape index (κ2) is 4.70. The lowest BCUT2D eigenvalue weighted by molar-refractivity contribution is -0.122. The number of amides is 1. The van der Waals surface area contributed by atoms with Gasteiger partial charge in [-0.25, -0.2) is 0 Å². The van der Waals surface area contributed by atoms with E-state index in [2.05, 4.69) is 40.4 Å². The van der Waals surface area contributed by atoms with Gasteiger partial charge in [-0.3, -0.25) is 4.79 Å². The maximum atomic E-state index is 12.1. The molecule has 0 spiro atoms. The van der Waals surface area contributed by atoms with Crippen LogP contribution in [0.25, 0.3) is 10.9 Å². The second-order valence-corrected chi connectivity index (χ2v) is 5.24. The molecule has 1 aromatic heterocycles. The summed E-state index contributed by atoms with van der Waals surface area (Å²) >= 11 is 0. The number of rotatable bonds is 1. The number of carbonyl (C=O) groups excluding carboxylic acids is 1. The lowest BCUT2D eigenvalue weighted by atomic mass is 9.99. The summed E-state index contributed by atoms with van der Waals surface area (Å²) in [6, 6.07) is 8.30. The molecule has 0 saturated carbocycles. The van der Waals surface area contributed by atoms with Gasteiger partial charge in [0.15, 0.2) is 0 Å². The van der Waals surface area contributed by atoms with Crippen molar-refractivity contribution in [1.29, 1.82) is 0 Å². The van der Waals surface area contributed by atoms with E-state index in [-0.39, 0.29) is 11.8 Å². The number of aromatic nitrogens is 1. The van der Waals surface area contributed by atoms with Crippen molar-refractivity contribution in [3.63, 3.8) is 0 Å². The van der Waals surface area contributed by atoms with Gasteiger partial charge >= 0.3 is 0 Å². The third-order valence-electron chi connectivity index (χ3n) is 4.00. The van der Waals surface area contributed by atoms with Crippen LogP contribution >= 0.6 is 0 Å². The van der Waals surface area contributed by atoms with Crippen LogP contribution in [0, 0.1) is 0 Å². The molecule has 3 rings (SSSR count). The minimum Gasteiger partial charge on any atom is -0.359 e. The quantitative estimate of drug-likeness (QED) is 0.813. The first-order valence-corrected chi connectivity index (χ1v) is 6.70. The minimum atomic E-state index is -0.111. The Morgan fingerprint density at radius 1 is 1.42 bits per heavy atom. The molecular formula is C15H19N3O. The van der Waals surface area contributed by atoms with Crippen LogP contribution in [0.1, 0.15) is 17.2 Å². The summed E-state index contributed by atoms with van der Waals surface area (Å²) in [5.41, 5.74) is 3.52. The van der Waals surface area contributed by atoms with Crippen LogP contribution in [-0.2, 0) is 11.2 Å². The predicted octanol–water partition coefficient (Wildman–Crippen LogP) is 1.49. The fourth-order valence-electron chi connectivity index (χ4n) is 2.97. The number of H-pyrrole nitrogens is 1. The van der Waals surface area contributed by atoms with Crippen LogP contribution in [0.15, 0.2) is 24.3 Å². The van der Waals surface area contributed by atoms with Gasteiger partial charge < -0.3 is 15.2 Å². The SMILES string of the molecule is CNC(=O)C1CN(C)CCc2c1[nH]c1ccccc21. The van der Waals surface area contributed by atoms with E-state index in [4.69, 9.17) is 0 Å². The molecule has 2 N–H and O–H groups in total. The van der Waals surface area contributed by atoms with E-state index in [1.54, 1.807) is 7.05 Å². The molecule has 1 aliphatic heterocycles. The second-order valence-electron chi connectivity index (χ2n) is 5.24. The monoisotopic (exact) mass is 257 g/mol. The molecule has 19 heavy (non-hydrogen) atoms. The van der Waals surface area contributed by atoms with Crippen LogP contribution < -0.4 is 5.32 Å². The van der Waals surface area contributed by atoms with Gasteiger partial charge in [-0.05, 0) is 25.1 Å². The van der Waals surface area contributed by atoms with Gasteiger partial charge in [0.1, 0.15) is 0 Å². The molecule has 2 aromatic rings. The maximum absolute atomic E-state index is 12.1. The predicted molar refractivity (Wildman–Crippen MR) is 76.3 cm³/mol. The van der Waals surface area contributed by atoms with Gasteiger partial charge in [0, 0.05) is 36.7 Å². The van der Waals surface area contributed by atoms with Gasteiger partial charge in [-0.2, -0.15) is 0 Å². The first-order valence-electron chi connectivity index (χ1n) is 6.70. The fourth-order valence-corrected chi connectivity index (χ4v) is 2.97. The van der Waals surface area contributed by atoms with E-state index in [9.17, 15) is 4.79 Å². The van der Waals surface area contributed by atoms with Crippen LogP contribution in [0.5, 0.6) is 0 Å². The number of hydrogen-bond acceptors (Lipinski definition) is 2. The molecule has 0 saturated heterocycles. The Hall–Kier alpha value is -1.81. The van der Waals surface area contributed by atoms with Crippen LogP contribution in [-0.4, -0.2) is 43.0 Å². The van der Waals surface area contributed by atoms with Gasteiger partial charge in [-0.15, -0.1) is 0 Å². The zero-order valence-electron chi connectivity index (χ0n) is 11.4. The van der Waals surface area contributed by atoms with Crippen molar-refractivity contribution in [3.05, 3.63) is 35.5 Å². The van der Waals surface area contributed by atoms with Crippen molar-refractivity contribution in [1.82, 2.24) is 15.2 Å². The Morgan fingerprint density at radius 2 is 2.21 bits per heavy atom. The molecule has 0 aliphatic carbocycles. The summed E-state index contributed by atoms with van der Waals surface area (Å²) in [4.78, 5) is 17.8. The lowest BCUT2D eigenvalue weighted by Crippen LogP contribution is -2.33. The van der Waals surface area contributed by atoms with E-state index >= 15 is 0 Å². The Morgan fingerprint density at radius 3 is 3.00 bits per heavy atom. The molecule has 1 aliphatic rings. The summed E-state index contributed by atoms with van der Waals surface area (Å²) in [5, 5.41) is 4.03. The Bertz CT molecular complexity index is 617. The molecule has 4 nitrogen and oxygen atoms in total. The smallest absolute Gasteiger partial charge is 0.230 e.